The number of ether oxygens (including phenoxy) is 1. The van der Waals surface area contributed by atoms with E-state index < -0.39 is 6.36 Å². The maximum atomic E-state index is 12.5. The molecular formula is C16H16F3NO. The molecule has 0 amide bonds. The van der Waals surface area contributed by atoms with E-state index in [4.69, 9.17) is 5.73 Å². The van der Waals surface area contributed by atoms with Crippen molar-refractivity contribution < 1.29 is 17.9 Å². The van der Waals surface area contributed by atoms with Gasteiger partial charge in [0.05, 0.1) is 0 Å². The zero-order valence-corrected chi connectivity index (χ0v) is 11.5. The van der Waals surface area contributed by atoms with E-state index in [-0.39, 0.29) is 11.8 Å². The van der Waals surface area contributed by atoms with E-state index in [0.717, 1.165) is 12.0 Å². The summed E-state index contributed by atoms with van der Waals surface area (Å²) in [5, 5.41) is 0. The van der Waals surface area contributed by atoms with Crippen LogP contribution in [0.25, 0.3) is 11.1 Å². The van der Waals surface area contributed by atoms with Gasteiger partial charge in [0, 0.05) is 11.6 Å². The van der Waals surface area contributed by atoms with E-state index in [1.807, 2.05) is 13.0 Å². The molecule has 0 aromatic heterocycles. The van der Waals surface area contributed by atoms with Crippen LogP contribution in [0.2, 0.25) is 0 Å². The van der Waals surface area contributed by atoms with Crippen LogP contribution in [-0.2, 0) is 0 Å². The average Bonchev–Trinajstić information content (AvgIpc) is 2.45. The summed E-state index contributed by atoms with van der Waals surface area (Å²) in [6.45, 7) is 1.96. The average molecular weight is 295 g/mol. The molecule has 112 valence electrons. The minimum atomic E-state index is -4.71. The Bertz CT molecular complexity index is 610. The highest BCUT2D eigenvalue weighted by Gasteiger charge is 2.32. The van der Waals surface area contributed by atoms with Crippen molar-refractivity contribution in [3.05, 3.63) is 54.1 Å². The van der Waals surface area contributed by atoms with E-state index >= 15 is 0 Å². The Morgan fingerprint density at radius 2 is 1.81 bits per heavy atom. The molecule has 2 aromatic carbocycles. The molecule has 5 heteroatoms. The second-order valence-corrected chi connectivity index (χ2v) is 4.68. The molecule has 2 rings (SSSR count). The second kappa shape index (κ2) is 6.18. The quantitative estimate of drug-likeness (QED) is 0.890. The lowest BCUT2D eigenvalue weighted by molar-refractivity contribution is -0.274. The van der Waals surface area contributed by atoms with Crippen LogP contribution in [0.3, 0.4) is 0 Å². The number of rotatable bonds is 4. The Kier molecular flexibility index (Phi) is 4.53. The maximum absolute atomic E-state index is 12.5. The fourth-order valence-electron chi connectivity index (χ4n) is 2.09. The van der Waals surface area contributed by atoms with E-state index in [0.29, 0.717) is 11.1 Å². The SMILES string of the molecule is CCC(N)c1cccc(-c2ccccc2OC(F)(F)F)c1. The van der Waals surface area contributed by atoms with Crippen LogP contribution in [-0.4, -0.2) is 6.36 Å². The van der Waals surface area contributed by atoms with Gasteiger partial charge in [-0.25, -0.2) is 0 Å². The molecule has 0 bridgehead atoms. The number of hydrogen-bond acceptors (Lipinski definition) is 2. The molecule has 2 N–H and O–H groups in total. The summed E-state index contributed by atoms with van der Waals surface area (Å²) in [7, 11) is 0. The standard InChI is InChI=1S/C16H16F3NO/c1-2-14(20)12-7-5-6-11(10-12)13-8-3-4-9-15(13)21-16(17,18)19/h3-10,14H,2,20H2,1H3. The van der Waals surface area contributed by atoms with Crippen molar-refractivity contribution >= 4 is 0 Å². The van der Waals surface area contributed by atoms with Crippen LogP contribution < -0.4 is 10.5 Å². The molecule has 0 aliphatic heterocycles. The first-order chi connectivity index (χ1) is 9.90. The third-order valence-electron chi connectivity index (χ3n) is 3.18. The first kappa shape index (κ1) is 15.4. The molecular weight excluding hydrogens is 279 g/mol. The van der Waals surface area contributed by atoms with Crippen LogP contribution in [0, 0.1) is 0 Å². The fraction of sp³-hybridized carbons (Fsp3) is 0.250. The van der Waals surface area contributed by atoms with Crippen molar-refractivity contribution in [3.8, 4) is 16.9 Å². The zero-order chi connectivity index (χ0) is 15.5. The van der Waals surface area contributed by atoms with Gasteiger partial charge in [-0.05, 0) is 29.7 Å². The fourth-order valence-corrected chi connectivity index (χ4v) is 2.09. The highest BCUT2D eigenvalue weighted by Crippen LogP contribution is 2.34. The molecule has 0 saturated carbocycles. The molecule has 1 atom stereocenters. The van der Waals surface area contributed by atoms with Gasteiger partial charge >= 0.3 is 6.36 Å². The van der Waals surface area contributed by atoms with Gasteiger partial charge in [-0.2, -0.15) is 0 Å². The Morgan fingerprint density at radius 1 is 1.10 bits per heavy atom. The Labute approximate surface area is 121 Å². The first-order valence-corrected chi connectivity index (χ1v) is 6.61. The molecule has 0 aliphatic rings. The van der Waals surface area contributed by atoms with Crippen LogP contribution in [0.15, 0.2) is 48.5 Å². The van der Waals surface area contributed by atoms with Crippen LogP contribution >= 0.6 is 0 Å². The number of hydrogen-bond donors (Lipinski definition) is 1. The molecule has 0 heterocycles. The number of nitrogens with two attached hydrogens (primary N) is 1. The smallest absolute Gasteiger partial charge is 0.405 e. The summed E-state index contributed by atoms with van der Waals surface area (Å²) in [4.78, 5) is 0. The zero-order valence-electron chi connectivity index (χ0n) is 11.5. The lowest BCUT2D eigenvalue weighted by Crippen LogP contribution is -2.17. The number of benzene rings is 2. The van der Waals surface area contributed by atoms with Crippen molar-refractivity contribution in [1.82, 2.24) is 0 Å². The van der Waals surface area contributed by atoms with E-state index in [9.17, 15) is 13.2 Å². The third-order valence-corrected chi connectivity index (χ3v) is 3.18. The highest BCUT2D eigenvalue weighted by molar-refractivity contribution is 5.71. The second-order valence-electron chi connectivity index (χ2n) is 4.68. The summed E-state index contributed by atoms with van der Waals surface area (Å²) in [6.07, 6.45) is -3.96. The number of alkyl halides is 3. The van der Waals surface area contributed by atoms with Gasteiger partial charge in [0.1, 0.15) is 5.75 Å². The molecule has 2 aromatic rings. The molecule has 0 spiro atoms. The van der Waals surface area contributed by atoms with E-state index in [1.54, 1.807) is 30.3 Å². The first-order valence-electron chi connectivity index (χ1n) is 6.61. The summed E-state index contributed by atoms with van der Waals surface area (Å²) >= 11 is 0. The summed E-state index contributed by atoms with van der Waals surface area (Å²) in [6, 6.07) is 13.1. The van der Waals surface area contributed by atoms with Crippen molar-refractivity contribution in [2.75, 3.05) is 0 Å². The van der Waals surface area contributed by atoms with Gasteiger partial charge in [0.2, 0.25) is 0 Å². The molecule has 0 saturated heterocycles. The lowest BCUT2D eigenvalue weighted by Gasteiger charge is -2.15. The van der Waals surface area contributed by atoms with Gasteiger partial charge in [-0.1, -0.05) is 43.3 Å². The number of halogens is 3. The predicted octanol–water partition coefficient (Wildman–Crippen LogP) is 4.66. The molecule has 21 heavy (non-hydrogen) atoms. The molecule has 0 radical (unpaired) electrons. The number of para-hydroxylation sites is 1. The lowest BCUT2D eigenvalue weighted by atomic mass is 9.98. The minimum absolute atomic E-state index is 0.138. The largest absolute Gasteiger partial charge is 0.573 e. The van der Waals surface area contributed by atoms with Gasteiger partial charge in [-0.15, -0.1) is 13.2 Å². The van der Waals surface area contributed by atoms with E-state index in [1.165, 1.54) is 12.1 Å². The van der Waals surface area contributed by atoms with E-state index in [2.05, 4.69) is 4.74 Å². The monoisotopic (exact) mass is 295 g/mol. The summed E-state index contributed by atoms with van der Waals surface area (Å²) in [5.41, 5.74) is 7.89. The van der Waals surface area contributed by atoms with Crippen molar-refractivity contribution in [2.24, 2.45) is 5.73 Å². The van der Waals surface area contributed by atoms with Crippen LogP contribution in [0.5, 0.6) is 5.75 Å². The molecule has 2 nitrogen and oxygen atoms in total. The van der Waals surface area contributed by atoms with Crippen molar-refractivity contribution in [1.29, 1.82) is 0 Å². The normalized spacial score (nSPS) is 13.0. The Hall–Kier alpha value is -2.01. The minimum Gasteiger partial charge on any atom is -0.405 e. The van der Waals surface area contributed by atoms with Gasteiger partial charge in [-0.3, -0.25) is 0 Å². The molecule has 0 fully saturated rings. The molecule has 0 aliphatic carbocycles. The van der Waals surface area contributed by atoms with Gasteiger partial charge in [0.25, 0.3) is 0 Å². The van der Waals surface area contributed by atoms with Gasteiger partial charge in [0.15, 0.2) is 0 Å². The van der Waals surface area contributed by atoms with Crippen LogP contribution in [0.4, 0.5) is 13.2 Å². The topological polar surface area (TPSA) is 35.2 Å². The Morgan fingerprint density at radius 3 is 2.48 bits per heavy atom. The predicted molar refractivity (Wildman–Crippen MR) is 75.8 cm³/mol. The summed E-state index contributed by atoms with van der Waals surface area (Å²) < 4.78 is 41.5. The Balaban J connectivity index is 2.42. The van der Waals surface area contributed by atoms with Gasteiger partial charge < -0.3 is 10.5 Å². The van der Waals surface area contributed by atoms with Crippen molar-refractivity contribution in [2.45, 2.75) is 25.7 Å². The highest BCUT2D eigenvalue weighted by atomic mass is 19.4. The van der Waals surface area contributed by atoms with Crippen LogP contribution in [0.1, 0.15) is 24.9 Å². The van der Waals surface area contributed by atoms with Crippen molar-refractivity contribution in [3.63, 3.8) is 0 Å². The molecule has 1 unspecified atom stereocenters. The maximum Gasteiger partial charge on any atom is 0.573 e. The third kappa shape index (κ3) is 3.98. The summed E-state index contributed by atoms with van der Waals surface area (Å²) in [5.74, 6) is -0.216.